The number of nitrogens with zero attached hydrogens (tertiary/aromatic N) is 1. The van der Waals surface area contributed by atoms with Crippen LogP contribution in [-0.2, 0) is 5.60 Å². The number of benzene rings is 1. The van der Waals surface area contributed by atoms with Crippen molar-refractivity contribution in [2.45, 2.75) is 18.9 Å². The topological polar surface area (TPSA) is 59.1 Å². The van der Waals surface area contributed by atoms with E-state index in [1.807, 2.05) is 30.3 Å². The van der Waals surface area contributed by atoms with E-state index in [1.54, 1.807) is 13.1 Å². The van der Waals surface area contributed by atoms with Gasteiger partial charge in [0.25, 0.3) is 0 Å². The van der Waals surface area contributed by atoms with E-state index >= 15 is 0 Å². The quantitative estimate of drug-likeness (QED) is 0.822. The van der Waals surface area contributed by atoms with Crippen LogP contribution in [0.3, 0.4) is 0 Å². The maximum absolute atomic E-state index is 10.2. The first kappa shape index (κ1) is 11.0. The largest absolute Gasteiger partial charge is 0.385 e. The zero-order chi connectivity index (χ0) is 11.6. The van der Waals surface area contributed by atoms with Crippen LogP contribution in [0, 0.1) is 0 Å². The number of aromatic nitrogens is 1. The van der Waals surface area contributed by atoms with Gasteiger partial charge in [0.1, 0.15) is 0 Å². The van der Waals surface area contributed by atoms with Crippen molar-refractivity contribution in [2.75, 3.05) is 6.54 Å². The maximum Gasteiger partial charge on any atom is 0.0881 e. The maximum atomic E-state index is 10.2. The van der Waals surface area contributed by atoms with Gasteiger partial charge in [-0.1, -0.05) is 18.2 Å². The summed E-state index contributed by atoms with van der Waals surface area (Å²) in [5.74, 6) is 0. The second-order valence-electron chi connectivity index (χ2n) is 4.22. The van der Waals surface area contributed by atoms with Crippen molar-refractivity contribution in [1.29, 1.82) is 0 Å². The second kappa shape index (κ2) is 4.20. The van der Waals surface area contributed by atoms with Gasteiger partial charge in [0.15, 0.2) is 0 Å². The third-order valence-electron chi connectivity index (χ3n) is 2.86. The molecule has 0 fully saturated rings. The molecule has 0 saturated heterocycles. The Balaban J connectivity index is 2.46. The van der Waals surface area contributed by atoms with Crippen LogP contribution < -0.4 is 5.73 Å². The fraction of sp³-hybridized carbons (Fsp3) is 0.308. The number of rotatable bonds is 3. The predicted molar refractivity (Wildman–Crippen MR) is 65.0 cm³/mol. The van der Waals surface area contributed by atoms with E-state index in [1.165, 1.54) is 0 Å². The van der Waals surface area contributed by atoms with Crippen LogP contribution in [0.1, 0.15) is 18.9 Å². The summed E-state index contributed by atoms with van der Waals surface area (Å²) < 4.78 is 0. The zero-order valence-electron chi connectivity index (χ0n) is 9.35. The minimum absolute atomic E-state index is 0.466. The summed E-state index contributed by atoms with van der Waals surface area (Å²) in [4.78, 5) is 4.27. The molecule has 0 radical (unpaired) electrons. The van der Waals surface area contributed by atoms with Crippen LogP contribution in [0.15, 0.2) is 36.5 Å². The molecule has 2 aromatic rings. The molecule has 3 nitrogen and oxygen atoms in total. The first-order valence-corrected chi connectivity index (χ1v) is 5.41. The molecule has 16 heavy (non-hydrogen) atoms. The van der Waals surface area contributed by atoms with Crippen molar-refractivity contribution in [3.05, 3.63) is 42.1 Å². The van der Waals surface area contributed by atoms with Gasteiger partial charge in [0.05, 0.1) is 11.1 Å². The molecule has 0 aliphatic carbocycles. The summed E-state index contributed by atoms with van der Waals surface area (Å²) in [7, 11) is 0. The van der Waals surface area contributed by atoms with Crippen LogP contribution >= 0.6 is 0 Å². The molecule has 0 amide bonds. The lowest BCUT2D eigenvalue weighted by Crippen LogP contribution is -2.24. The van der Waals surface area contributed by atoms with E-state index in [0.717, 1.165) is 16.5 Å². The molecule has 3 heteroatoms. The number of nitrogens with two attached hydrogens (primary N) is 1. The molecule has 1 unspecified atom stereocenters. The Bertz CT molecular complexity index is 494. The summed E-state index contributed by atoms with van der Waals surface area (Å²) in [5.41, 5.74) is 6.38. The molecule has 2 rings (SSSR count). The molecule has 3 N–H and O–H groups in total. The molecule has 1 heterocycles. The molecule has 1 aromatic heterocycles. The van der Waals surface area contributed by atoms with Gasteiger partial charge in [-0.15, -0.1) is 0 Å². The Morgan fingerprint density at radius 2 is 2.19 bits per heavy atom. The highest BCUT2D eigenvalue weighted by Crippen LogP contribution is 2.26. The lowest BCUT2D eigenvalue weighted by molar-refractivity contribution is 0.0505. The third kappa shape index (κ3) is 2.05. The second-order valence-corrected chi connectivity index (χ2v) is 4.22. The molecule has 1 aromatic carbocycles. The fourth-order valence-electron chi connectivity index (χ4n) is 1.83. The third-order valence-corrected chi connectivity index (χ3v) is 2.86. The highest BCUT2D eigenvalue weighted by atomic mass is 16.3. The summed E-state index contributed by atoms with van der Waals surface area (Å²) in [5, 5.41) is 11.3. The number of fused-ring (bicyclic) bond motifs is 1. The standard InChI is InChI=1S/C13H16N2O/c1-13(16,6-7-14)11-5-4-10-3-2-8-15-12(10)9-11/h2-5,8-9,16H,6-7,14H2,1H3. The van der Waals surface area contributed by atoms with E-state index < -0.39 is 5.60 Å². The fourth-order valence-corrected chi connectivity index (χ4v) is 1.83. The van der Waals surface area contributed by atoms with Crippen LogP contribution in [0.5, 0.6) is 0 Å². The first-order valence-electron chi connectivity index (χ1n) is 5.41. The SMILES string of the molecule is CC(O)(CCN)c1ccc2cccnc2c1. The van der Waals surface area contributed by atoms with E-state index in [2.05, 4.69) is 4.98 Å². The van der Waals surface area contributed by atoms with Gasteiger partial charge < -0.3 is 10.8 Å². The molecule has 0 spiro atoms. The van der Waals surface area contributed by atoms with Crippen LogP contribution in [0.2, 0.25) is 0 Å². The van der Waals surface area contributed by atoms with Gasteiger partial charge in [0.2, 0.25) is 0 Å². The lowest BCUT2D eigenvalue weighted by atomic mass is 9.92. The Morgan fingerprint density at radius 3 is 2.94 bits per heavy atom. The highest BCUT2D eigenvalue weighted by Gasteiger charge is 2.22. The zero-order valence-corrected chi connectivity index (χ0v) is 9.35. The molecular formula is C13H16N2O. The summed E-state index contributed by atoms with van der Waals surface area (Å²) in [6, 6.07) is 9.73. The van der Waals surface area contributed by atoms with E-state index in [9.17, 15) is 5.11 Å². The highest BCUT2D eigenvalue weighted by molar-refractivity contribution is 5.79. The monoisotopic (exact) mass is 216 g/mol. The summed E-state index contributed by atoms with van der Waals surface area (Å²) in [6.45, 7) is 2.25. The molecule has 84 valence electrons. The number of pyridine rings is 1. The van der Waals surface area contributed by atoms with Crippen molar-refractivity contribution >= 4 is 10.9 Å². The minimum atomic E-state index is -0.875. The average molecular weight is 216 g/mol. The van der Waals surface area contributed by atoms with Gasteiger partial charge in [-0.05, 0) is 37.6 Å². The van der Waals surface area contributed by atoms with Crippen molar-refractivity contribution in [3.63, 3.8) is 0 Å². The number of hydrogen-bond acceptors (Lipinski definition) is 3. The summed E-state index contributed by atoms with van der Waals surface area (Å²) >= 11 is 0. The molecular weight excluding hydrogens is 200 g/mol. The summed E-state index contributed by atoms with van der Waals surface area (Å²) in [6.07, 6.45) is 2.30. The predicted octanol–water partition coefficient (Wildman–Crippen LogP) is 1.79. The normalized spacial score (nSPS) is 14.9. The van der Waals surface area contributed by atoms with Crippen molar-refractivity contribution < 1.29 is 5.11 Å². The van der Waals surface area contributed by atoms with Crippen LogP contribution in [0.25, 0.3) is 10.9 Å². The van der Waals surface area contributed by atoms with Gasteiger partial charge in [0, 0.05) is 11.6 Å². The molecule has 0 saturated carbocycles. The average Bonchev–Trinajstić information content (AvgIpc) is 2.28. The molecule has 0 bridgehead atoms. The minimum Gasteiger partial charge on any atom is -0.385 e. The Hall–Kier alpha value is -1.45. The molecule has 0 aliphatic heterocycles. The number of hydrogen-bond donors (Lipinski definition) is 2. The van der Waals surface area contributed by atoms with Gasteiger partial charge in [-0.25, -0.2) is 0 Å². The Morgan fingerprint density at radius 1 is 1.38 bits per heavy atom. The van der Waals surface area contributed by atoms with E-state index in [4.69, 9.17) is 5.73 Å². The van der Waals surface area contributed by atoms with Gasteiger partial charge in [-0.2, -0.15) is 0 Å². The van der Waals surface area contributed by atoms with Crippen molar-refractivity contribution in [1.82, 2.24) is 4.98 Å². The first-order chi connectivity index (χ1) is 7.63. The number of aliphatic hydroxyl groups is 1. The molecule has 1 atom stereocenters. The smallest absolute Gasteiger partial charge is 0.0881 e. The van der Waals surface area contributed by atoms with Crippen LogP contribution in [-0.4, -0.2) is 16.6 Å². The van der Waals surface area contributed by atoms with E-state index in [0.29, 0.717) is 13.0 Å². The Labute approximate surface area is 94.9 Å². The van der Waals surface area contributed by atoms with Crippen molar-refractivity contribution in [3.8, 4) is 0 Å². The lowest BCUT2D eigenvalue weighted by Gasteiger charge is -2.23. The van der Waals surface area contributed by atoms with Gasteiger partial charge >= 0.3 is 0 Å². The van der Waals surface area contributed by atoms with Crippen molar-refractivity contribution in [2.24, 2.45) is 5.73 Å². The van der Waals surface area contributed by atoms with Crippen LogP contribution in [0.4, 0.5) is 0 Å². The van der Waals surface area contributed by atoms with Gasteiger partial charge in [-0.3, -0.25) is 4.98 Å². The molecule has 0 aliphatic rings. The Kier molecular flexibility index (Phi) is 2.90. The van der Waals surface area contributed by atoms with E-state index in [-0.39, 0.29) is 0 Å².